The molecule has 1 aliphatic heterocycles. The molecule has 3 rings (SSSR count). The number of nitrogens with two attached hydrogens (primary N) is 1. The van der Waals surface area contributed by atoms with E-state index in [1.54, 1.807) is 12.1 Å². The monoisotopic (exact) mass is 398 g/mol. The zero-order valence-corrected chi connectivity index (χ0v) is 16.1. The Morgan fingerprint density at radius 3 is 2.46 bits per heavy atom. The first-order valence-electron chi connectivity index (χ1n) is 9.13. The molecule has 0 radical (unpaired) electrons. The summed E-state index contributed by atoms with van der Waals surface area (Å²) in [5.74, 6) is -1.19. The van der Waals surface area contributed by atoms with Crippen LogP contribution in [0.25, 0.3) is 0 Å². The standard InChI is InChI=1S/C16H17F3N4O2.C3H8/c1-23-12(24)8-11(22-14(23)20)9-3-2-4-10(7-9)21-13(25)15(5-6-15)16(17,18)19;1-3-2/h2-4,7,11H,5-6,8H2,1H3,(H2,20,22)(H,21,25);3H2,1-2H3. The van der Waals surface area contributed by atoms with Crippen molar-refractivity contribution in [2.24, 2.45) is 16.1 Å². The molecule has 2 amide bonds. The third-order valence-electron chi connectivity index (χ3n) is 4.63. The minimum Gasteiger partial charge on any atom is -0.369 e. The van der Waals surface area contributed by atoms with Crippen molar-refractivity contribution >= 4 is 23.5 Å². The van der Waals surface area contributed by atoms with Gasteiger partial charge in [-0.1, -0.05) is 32.4 Å². The van der Waals surface area contributed by atoms with E-state index in [0.29, 0.717) is 5.56 Å². The van der Waals surface area contributed by atoms with Crippen molar-refractivity contribution in [1.82, 2.24) is 4.90 Å². The fraction of sp³-hybridized carbons (Fsp3) is 0.526. The second-order valence-corrected chi connectivity index (χ2v) is 7.03. The summed E-state index contributed by atoms with van der Waals surface area (Å²) in [6.07, 6.45) is -3.62. The molecule has 9 heteroatoms. The van der Waals surface area contributed by atoms with Crippen molar-refractivity contribution < 1.29 is 22.8 Å². The van der Waals surface area contributed by atoms with Crippen LogP contribution in [0, 0.1) is 5.41 Å². The van der Waals surface area contributed by atoms with Crippen LogP contribution in [0.2, 0.25) is 0 Å². The maximum atomic E-state index is 13.0. The van der Waals surface area contributed by atoms with Crippen molar-refractivity contribution in [1.29, 1.82) is 0 Å². The minimum atomic E-state index is -4.56. The third kappa shape index (κ3) is 4.45. The van der Waals surface area contributed by atoms with Crippen molar-refractivity contribution in [3.05, 3.63) is 29.8 Å². The number of rotatable bonds is 3. The number of halogens is 3. The Morgan fingerprint density at radius 1 is 1.36 bits per heavy atom. The molecule has 1 atom stereocenters. The first-order valence-corrected chi connectivity index (χ1v) is 9.13. The maximum Gasteiger partial charge on any atom is 0.403 e. The average Bonchev–Trinajstić information content (AvgIpc) is 3.42. The highest BCUT2D eigenvalue weighted by Gasteiger charge is 2.68. The van der Waals surface area contributed by atoms with Gasteiger partial charge in [0.2, 0.25) is 11.8 Å². The molecule has 154 valence electrons. The number of carbonyl (C=O) groups is 2. The Kier molecular flexibility index (Phi) is 6.36. The molecule has 1 aliphatic carbocycles. The van der Waals surface area contributed by atoms with Crippen LogP contribution in [-0.2, 0) is 9.59 Å². The normalized spacial score (nSPS) is 20.6. The Bertz CT molecular complexity index is 773. The summed E-state index contributed by atoms with van der Waals surface area (Å²) in [7, 11) is 1.51. The summed E-state index contributed by atoms with van der Waals surface area (Å²) < 4.78 is 39.0. The van der Waals surface area contributed by atoms with Crippen LogP contribution in [0.3, 0.4) is 0 Å². The van der Waals surface area contributed by atoms with E-state index < -0.39 is 23.5 Å². The molecule has 1 fully saturated rings. The van der Waals surface area contributed by atoms with E-state index in [1.807, 2.05) is 0 Å². The molecule has 1 saturated carbocycles. The Hall–Kier alpha value is -2.58. The number of amides is 2. The maximum absolute atomic E-state index is 13.0. The highest BCUT2D eigenvalue weighted by molar-refractivity contribution is 5.99. The molecule has 0 saturated heterocycles. The molecule has 1 aromatic rings. The number of hydrogen-bond acceptors (Lipinski definition) is 4. The quantitative estimate of drug-likeness (QED) is 0.815. The summed E-state index contributed by atoms with van der Waals surface area (Å²) >= 11 is 0. The van der Waals surface area contributed by atoms with E-state index in [9.17, 15) is 22.8 Å². The Labute approximate surface area is 162 Å². The van der Waals surface area contributed by atoms with Crippen LogP contribution in [0.15, 0.2) is 29.3 Å². The molecule has 3 N–H and O–H groups in total. The molecule has 1 unspecified atom stereocenters. The van der Waals surface area contributed by atoms with Gasteiger partial charge in [-0.15, -0.1) is 0 Å². The van der Waals surface area contributed by atoms with Gasteiger partial charge in [0.05, 0.1) is 12.5 Å². The van der Waals surface area contributed by atoms with Gasteiger partial charge in [-0.3, -0.25) is 14.5 Å². The second-order valence-electron chi connectivity index (χ2n) is 7.03. The van der Waals surface area contributed by atoms with E-state index >= 15 is 0 Å². The first-order chi connectivity index (χ1) is 13.1. The van der Waals surface area contributed by atoms with Crippen molar-refractivity contribution in [3.8, 4) is 0 Å². The molecule has 6 nitrogen and oxygen atoms in total. The number of nitrogens with one attached hydrogen (secondary N) is 1. The number of nitrogens with zero attached hydrogens (tertiary/aromatic N) is 2. The van der Waals surface area contributed by atoms with Crippen LogP contribution in [-0.4, -0.2) is 35.9 Å². The molecular formula is C19H25F3N4O2. The number of anilines is 1. The smallest absolute Gasteiger partial charge is 0.369 e. The lowest BCUT2D eigenvalue weighted by atomic mass is 10.0. The number of hydrogen-bond donors (Lipinski definition) is 2. The lowest BCUT2D eigenvalue weighted by molar-refractivity contribution is -0.189. The van der Waals surface area contributed by atoms with Crippen LogP contribution in [0.5, 0.6) is 0 Å². The molecule has 0 spiro atoms. The van der Waals surface area contributed by atoms with E-state index in [4.69, 9.17) is 5.73 Å². The van der Waals surface area contributed by atoms with E-state index in [-0.39, 0.29) is 36.8 Å². The van der Waals surface area contributed by atoms with Gasteiger partial charge in [0.15, 0.2) is 5.96 Å². The fourth-order valence-corrected chi connectivity index (χ4v) is 2.75. The highest BCUT2D eigenvalue weighted by Crippen LogP contribution is 2.58. The first kappa shape index (κ1) is 21.7. The second kappa shape index (κ2) is 8.20. The lowest BCUT2D eigenvalue weighted by Gasteiger charge is -2.26. The molecule has 0 bridgehead atoms. The topological polar surface area (TPSA) is 87.8 Å². The van der Waals surface area contributed by atoms with Crippen molar-refractivity contribution in [2.45, 2.75) is 51.7 Å². The van der Waals surface area contributed by atoms with Crippen LogP contribution in [0.1, 0.15) is 51.1 Å². The van der Waals surface area contributed by atoms with Gasteiger partial charge in [-0.2, -0.15) is 13.2 Å². The van der Waals surface area contributed by atoms with Crippen molar-refractivity contribution in [2.75, 3.05) is 12.4 Å². The van der Waals surface area contributed by atoms with Gasteiger partial charge in [0, 0.05) is 12.7 Å². The van der Waals surface area contributed by atoms with E-state index in [2.05, 4.69) is 24.2 Å². The number of alkyl halides is 3. The van der Waals surface area contributed by atoms with Crippen molar-refractivity contribution in [3.63, 3.8) is 0 Å². The van der Waals surface area contributed by atoms with Gasteiger partial charge in [0.1, 0.15) is 5.41 Å². The third-order valence-corrected chi connectivity index (χ3v) is 4.63. The van der Waals surface area contributed by atoms with Crippen LogP contribution < -0.4 is 11.1 Å². The summed E-state index contributed by atoms with van der Waals surface area (Å²) in [6, 6.07) is 5.76. The van der Waals surface area contributed by atoms with E-state index in [1.165, 1.54) is 30.5 Å². The van der Waals surface area contributed by atoms with Gasteiger partial charge in [-0.25, -0.2) is 4.99 Å². The SMILES string of the molecule is CCC.CN1C(=O)CC(c2cccc(NC(=O)C3(C(F)(F)F)CC3)c2)N=C1N. The molecular weight excluding hydrogens is 373 g/mol. The molecule has 28 heavy (non-hydrogen) atoms. The number of carbonyl (C=O) groups excluding carboxylic acids is 2. The Balaban J connectivity index is 0.000000878. The molecule has 1 aromatic carbocycles. The van der Waals surface area contributed by atoms with E-state index in [0.717, 1.165) is 0 Å². The van der Waals surface area contributed by atoms with Gasteiger partial charge in [-0.05, 0) is 30.5 Å². The number of aliphatic imine (C=N–C) groups is 1. The minimum absolute atomic E-state index is 0.0738. The molecule has 2 aliphatic rings. The average molecular weight is 398 g/mol. The Morgan fingerprint density at radius 2 is 1.96 bits per heavy atom. The predicted molar refractivity (Wildman–Crippen MR) is 101 cm³/mol. The largest absolute Gasteiger partial charge is 0.403 e. The van der Waals surface area contributed by atoms with Crippen LogP contribution >= 0.6 is 0 Å². The zero-order chi connectivity index (χ0) is 21.1. The number of benzene rings is 1. The van der Waals surface area contributed by atoms with Gasteiger partial charge < -0.3 is 11.1 Å². The van der Waals surface area contributed by atoms with Crippen LogP contribution in [0.4, 0.5) is 18.9 Å². The molecule has 1 heterocycles. The lowest BCUT2D eigenvalue weighted by Crippen LogP contribution is -2.42. The predicted octanol–water partition coefficient (Wildman–Crippen LogP) is 3.60. The summed E-state index contributed by atoms with van der Waals surface area (Å²) in [5.41, 5.74) is 4.24. The van der Waals surface area contributed by atoms with Gasteiger partial charge >= 0.3 is 6.18 Å². The summed E-state index contributed by atoms with van der Waals surface area (Å²) in [5, 5.41) is 2.33. The summed E-state index contributed by atoms with van der Waals surface area (Å²) in [4.78, 5) is 29.4. The molecule has 0 aromatic heterocycles. The number of guanidine groups is 1. The van der Waals surface area contributed by atoms with Gasteiger partial charge in [0.25, 0.3) is 0 Å². The zero-order valence-electron chi connectivity index (χ0n) is 16.1. The highest BCUT2D eigenvalue weighted by atomic mass is 19.4. The fourth-order valence-electron chi connectivity index (χ4n) is 2.75. The summed E-state index contributed by atoms with van der Waals surface area (Å²) in [6.45, 7) is 4.25.